The molecular formula is C27H34N2O5. The summed E-state index contributed by atoms with van der Waals surface area (Å²) in [5, 5.41) is 12.2. The molecule has 7 nitrogen and oxygen atoms in total. The topological polar surface area (TPSA) is 97.8 Å². The molecule has 2 aromatic rings. The monoisotopic (exact) mass is 466 g/mol. The highest BCUT2D eigenvalue weighted by Crippen LogP contribution is 2.35. The molecule has 0 unspecified atom stereocenters. The van der Waals surface area contributed by atoms with Crippen LogP contribution in [0.4, 0.5) is 0 Å². The van der Waals surface area contributed by atoms with E-state index in [4.69, 9.17) is 14.6 Å². The molecule has 182 valence electrons. The highest BCUT2D eigenvalue weighted by atomic mass is 16.5. The zero-order valence-corrected chi connectivity index (χ0v) is 19.8. The summed E-state index contributed by atoms with van der Waals surface area (Å²) < 4.78 is 11.6. The summed E-state index contributed by atoms with van der Waals surface area (Å²) in [6, 6.07) is 10.1. The number of rotatable bonds is 8. The van der Waals surface area contributed by atoms with Crippen molar-refractivity contribution in [3.63, 3.8) is 0 Å². The van der Waals surface area contributed by atoms with Gasteiger partial charge < -0.3 is 19.9 Å². The van der Waals surface area contributed by atoms with Crippen LogP contribution >= 0.6 is 0 Å². The molecule has 0 radical (unpaired) electrons. The van der Waals surface area contributed by atoms with Crippen LogP contribution in [-0.2, 0) is 14.9 Å². The van der Waals surface area contributed by atoms with E-state index in [9.17, 15) is 9.59 Å². The molecule has 1 amide bonds. The van der Waals surface area contributed by atoms with E-state index in [1.165, 1.54) is 32.1 Å². The zero-order chi connectivity index (χ0) is 24.0. The fraction of sp³-hybridized carbons (Fsp3) is 0.519. The smallest absolute Gasteiger partial charge is 0.335 e. The predicted molar refractivity (Wildman–Crippen MR) is 128 cm³/mol. The van der Waals surface area contributed by atoms with Crippen molar-refractivity contribution in [3.8, 4) is 5.75 Å². The molecule has 1 aliphatic heterocycles. The molecule has 1 aliphatic carbocycles. The number of nitrogens with one attached hydrogen (secondary N) is 1. The Hall–Kier alpha value is -2.93. The minimum absolute atomic E-state index is 0.0889. The van der Waals surface area contributed by atoms with Gasteiger partial charge in [0.25, 0.3) is 0 Å². The second-order valence-electron chi connectivity index (χ2n) is 9.51. The largest absolute Gasteiger partial charge is 0.492 e. The molecule has 1 saturated carbocycles. The van der Waals surface area contributed by atoms with Crippen LogP contribution in [0.15, 0.2) is 42.6 Å². The van der Waals surface area contributed by atoms with Crippen LogP contribution in [-0.4, -0.2) is 41.8 Å². The zero-order valence-electron chi connectivity index (χ0n) is 19.8. The van der Waals surface area contributed by atoms with Gasteiger partial charge in [0.2, 0.25) is 5.91 Å². The Morgan fingerprint density at radius 1 is 1.12 bits per heavy atom. The minimum atomic E-state index is -0.971. The second kappa shape index (κ2) is 11.0. The number of carboxylic acids is 1. The molecule has 1 atom stereocenters. The summed E-state index contributed by atoms with van der Waals surface area (Å²) in [6.45, 7) is 3.61. The van der Waals surface area contributed by atoms with Crippen LogP contribution in [0.25, 0.3) is 0 Å². The maximum atomic E-state index is 13.6. The molecule has 4 rings (SSSR count). The highest BCUT2D eigenvalue weighted by Gasteiger charge is 2.43. The van der Waals surface area contributed by atoms with Crippen molar-refractivity contribution in [1.82, 2.24) is 10.3 Å². The Morgan fingerprint density at radius 3 is 2.44 bits per heavy atom. The van der Waals surface area contributed by atoms with Crippen molar-refractivity contribution < 1.29 is 24.2 Å². The molecular weight excluding hydrogens is 432 g/mol. The third-order valence-electron chi connectivity index (χ3n) is 7.22. The maximum absolute atomic E-state index is 13.6. The summed E-state index contributed by atoms with van der Waals surface area (Å²) in [5.74, 6) is 0.298. The number of pyridine rings is 1. The maximum Gasteiger partial charge on any atom is 0.335 e. The number of aromatic carboxylic acids is 1. The normalized spacial score (nSPS) is 19.2. The second-order valence-corrected chi connectivity index (χ2v) is 9.51. The van der Waals surface area contributed by atoms with E-state index in [0.29, 0.717) is 32.0 Å². The number of carboxylic acid groups (broad SMARTS) is 1. The van der Waals surface area contributed by atoms with Crippen LogP contribution in [0.2, 0.25) is 0 Å². The van der Waals surface area contributed by atoms with E-state index in [0.717, 1.165) is 23.6 Å². The number of aromatic nitrogens is 1. The Bertz CT molecular complexity index is 962. The van der Waals surface area contributed by atoms with Crippen molar-refractivity contribution in [2.24, 2.45) is 5.92 Å². The molecule has 2 fully saturated rings. The lowest BCUT2D eigenvalue weighted by atomic mass is 9.75. The SMILES string of the molecule is C[C@H](NC(=O)C1(c2ccc(OCC3CCCCC3)cn2)CCOCC1)c1ccc(C(=O)O)cc1. The minimum Gasteiger partial charge on any atom is -0.492 e. The summed E-state index contributed by atoms with van der Waals surface area (Å²) in [6.07, 6.45) is 9.19. The van der Waals surface area contributed by atoms with Gasteiger partial charge in [-0.3, -0.25) is 9.78 Å². The molecule has 7 heteroatoms. The molecule has 2 heterocycles. The first-order valence-corrected chi connectivity index (χ1v) is 12.3. The van der Waals surface area contributed by atoms with Crippen LogP contribution in [0, 0.1) is 5.92 Å². The molecule has 0 spiro atoms. The Kier molecular flexibility index (Phi) is 7.83. The van der Waals surface area contributed by atoms with Gasteiger partial charge in [0.15, 0.2) is 0 Å². The first kappa shape index (κ1) is 24.2. The van der Waals surface area contributed by atoms with Gasteiger partial charge in [-0.1, -0.05) is 31.4 Å². The molecule has 1 aromatic carbocycles. The highest BCUT2D eigenvalue weighted by molar-refractivity contribution is 5.89. The third kappa shape index (κ3) is 5.58. The quantitative estimate of drug-likeness (QED) is 0.587. The number of nitrogens with zero attached hydrogens (tertiary/aromatic N) is 1. The van der Waals surface area contributed by atoms with Gasteiger partial charge in [-0.05, 0) is 68.4 Å². The van der Waals surface area contributed by atoms with Gasteiger partial charge in [0, 0.05) is 13.2 Å². The summed E-state index contributed by atoms with van der Waals surface area (Å²) in [5.41, 5.74) is 1.03. The van der Waals surface area contributed by atoms with Crippen LogP contribution < -0.4 is 10.1 Å². The van der Waals surface area contributed by atoms with Crippen molar-refractivity contribution in [2.45, 2.75) is 63.3 Å². The van der Waals surface area contributed by atoms with E-state index in [2.05, 4.69) is 10.3 Å². The molecule has 0 bridgehead atoms. The van der Waals surface area contributed by atoms with Gasteiger partial charge in [-0.25, -0.2) is 4.79 Å². The third-order valence-corrected chi connectivity index (χ3v) is 7.22. The van der Waals surface area contributed by atoms with E-state index in [1.807, 2.05) is 19.1 Å². The van der Waals surface area contributed by atoms with Crippen molar-refractivity contribution in [3.05, 3.63) is 59.4 Å². The van der Waals surface area contributed by atoms with Crippen molar-refractivity contribution in [2.75, 3.05) is 19.8 Å². The molecule has 2 N–H and O–H groups in total. The molecule has 34 heavy (non-hydrogen) atoms. The average molecular weight is 467 g/mol. The number of amides is 1. The summed E-state index contributed by atoms with van der Waals surface area (Å²) in [7, 11) is 0. The summed E-state index contributed by atoms with van der Waals surface area (Å²) >= 11 is 0. The van der Waals surface area contributed by atoms with Crippen LogP contribution in [0.3, 0.4) is 0 Å². The fourth-order valence-electron chi connectivity index (χ4n) is 4.97. The number of carbonyl (C=O) groups is 2. The lowest BCUT2D eigenvalue weighted by Crippen LogP contribution is -2.49. The Balaban J connectivity index is 1.45. The number of carbonyl (C=O) groups excluding carboxylic acids is 1. The van der Waals surface area contributed by atoms with Gasteiger partial charge in [0.05, 0.1) is 35.5 Å². The standard InChI is InChI=1S/C27H34N2O5/c1-19(21-7-9-22(10-8-21)25(30)31)29-26(32)27(13-15-33-16-14-27)24-12-11-23(17-28-24)34-18-20-5-3-2-4-6-20/h7-12,17,19-20H,2-6,13-16,18H2,1H3,(H,29,32)(H,30,31)/t19-/m0/s1. The van der Waals surface area contributed by atoms with Gasteiger partial charge in [-0.2, -0.15) is 0 Å². The Labute approximate surface area is 200 Å². The number of hydrogen-bond donors (Lipinski definition) is 2. The first-order valence-electron chi connectivity index (χ1n) is 12.3. The lowest BCUT2D eigenvalue weighted by Gasteiger charge is -2.36. The van der Waals surface area contributed by atoms with Crippen molar-refractivity contribution >= 4 is 11.9 Å². The van der Waals surface area contributed by atoms with Gasteiger partial charge in [0.1, 0.15) is 5.75 Å². The lowest BCUT2D eigenvalue weighted by molar-refractivity contribution is -0.131. The Morgan fingerprint density at radius 2 is 1.82 bits per heavy atom. The van der Waals surface area contributed by atoms with Crippen LogP contribution in [0.1, 0.15) is 79.5 Å². The number of benzene rings is 1. The van der Waals surface area contributed by atoms with E-state index < -0.39 is 11.4 Å². The molecule has 2 aliphatic rings. The van der Waals surface area contributed by atoms with Crippen LogP contribution in [0.5, 0.6) is 5.75 Å². The van der Waals surface area contributed by atoms with E-state index in [1.54, 1.807) is 30.5 Å². The molecule has 1 saturated heterocycles. The number of ether oxygens (including phenoxy) is 2. The average Bonchev–Trinajstić information content (AvgIpc) is 2.88. The summed E-state index contributed by atoms with van der Waals surface area (Å²) in [4.78, 5) is 29.3. The first-order chi connectivity index (χ1) is 16.5. The van der Waals surface area contributed by atoms with Crippen molar-refractivity contribution in [1.29, 1.82) is 0 Å². The van der Waals surface area contributed by atoms with E-state index >= 15 is 0 Å². The molecule has 1 aromatic heterocycles. The fourth-order valence-corrected chi connectivity index (χ4v) is 4.97. The number of hydrogen-bond acceptors (Lipinski definition) is 5. The predicted octanol–water partition coefficient (Wildman–Crippen LogP) is 4.66. The van der Waals surface area contributed by atoms with Gasteiger partial charge >= 0.3 is 5.97 Å². The van der Waals surface area contributed by atoms with E-state index in [-0.39, 0.29) is 17.5 Å². The van der Waals surface area contributed by atoms with Gasteiger partial charge in [-0.15, -0.1) is 0 Å².